The van der Waals surface area contributed by atoms with Gasteiger partial charge in [-0.15, -0.1) is 0 Å². The average molecular weight is 442 g/mol. The van der Waals surface area contributed by atoms with Crippen molar-refractivity contribution in [3.05, 3.63) is 29.3 Å². The maximum atomic E-state index is 13.0. The minimum absolute atomic E-state index is 0.0584. The fraction of sp³-hybridized carbons (Fsp3) is 0.632. The molecule has 2 fully saturated rings. The van der Waals surface area contributed by atoms with Crippen LogP contribution in [0.15, 0.2) is 18.2 Å². The minimum Gasteiger partial charge on any atom is -0.336 e. The van der Waals surface area contributed by atoms with Crippen molar-refractivity contribution < 1.29 is 21.6 Å². The highest BCUT2D eigenvalue weighted by atomic mass is 32.2. The summed E-state index contributed by atoms with van der Waals surface area (Å²) in [7, 11) is -6.26. The molecule has 0 aliphatic carbocycles. The van der Waals surface area contributed by atoms with Gasteiger partial charge in [0.05, 0.1) is 23.4 Å². The monoisotopic (exact) mass is 441 g/mol. The molecule has 3 aliphatic rings. The van der Waals surface area contributed by atoms with Gasteiger partial charge in [0.25, 0.3) is 5.91 Å². The van der Waals surface area contributed by atoms with E-state index in [1.807, 2.05) is 13.0 Å². The van der Waals surface area contributed by atoms with Crippen molar-refractivity contribution in [1.29, 1.82) is 0 Å². The molecule has 0 unspecified atom stereocenters. The molecular weight excluding hydrogens is 414 g/mol. The van der Waals surface area contributed by atoms with Crippen LogP contribution in [0, 0.1) is 0 Å². The topological polar surface area (TPSA) is 95.1 Å². The average Bonchev–Trinajstić information content (AvgIpc) is 3.18. The van der Waals surface area contributed by atoms with Crippen molar-refractivity contribution in [3.8, 4) is 0 Å². The van der Waals surface area contributed by atoms with E-state index in [2.05, 4.69) is 4.90 Å². The Morgan fingerprint density at radius 1 is 1.14 bits per heavy atom. The van der Waals surface area contributed by atoms with Crippen LogP contribution in [0.1, 0.15) is 29.3 Å². The molecular formula is C19H27N3O5S2. The predicted molar refractivity (Wildman–Crippen MR) is 111 cm³/mol. The SMILES string of the molecule is C[C@H]1Cc2cc(C(=O)N3CCN([C@H]4CCS(=O)(=O)C4)CC3)ccc2N1S(C)(=O)=O. The maximum Gasteiger partial charge on any atom is 0.253 e. The molecule has 0 radical (unpaired) electrons. The molecule has 2 atom stereocenters. The molecule has 8 nitrogen and oxygen atoms in total. The smallest absolute Gasteiger partial charge is 0.253 e. The summed E-state index contributed by atoms with van der Waals surface area (Å²) >= 11 is 0. The molecule has 0 saturated carbocycles. The second-order valence-corrected chi connectivity index (χ2v) is 12.4. The predicted octanol–water partition coefficient (Wildman–Crippen LogP) is 0.342. The molecule has 3 heterocycles. The van der Waals surface area contributed by atoms with Gasteiger partial charge in [-0.3, -0.25) is 14.0 Å². The van der Waals surface area contributed by atoms with Gasteiger partial charge in [-0.1, -0.05) is 0 Å². The minimum atomic E-state index is -3.35. The number of anilines is 1. The first-order valence-corrected chi connectivity index (χ1v) is 13.6. The second kappa shape index (κ2) is 7.24. The van der Waals surface area contributed by atoms with E-state index >= 15 is 0 Å². The number of carbonyl (C=O) groups excluding carboxylic acids is 1. The molecule has 1 aromatic carbocycles. The molecule has 3 aliphatic heterocycles. The quantitative estimate of drug-likeness (QED) is 0.671. The Morgan fingerprint density at radius 2 is 1.83 bits per heavy atom. The molecule has 0 aromatic heterocycles. The van der Waals surface area contributed by atoms with E-state index in [0.29, 0.717) is 50.3 Å². The van der Waals surface area contributed by atoms with E-state index in [1.54, 1.807) is 17.0 Å². The van der Waals surface area contributed by atoms with Crippen molar-refractivity contribution in [2.24, 2.45) is 0 Å². The first-order chi connectivity index (χ1) is 13.5. The Labute approximate surface area is 172 Å². The zero-order chi connectivity index (χ0) is 21.0. The van der Waals surface area contributed by atoms with E-state index in [0.717, 1.165) is 5.56 Å². The number of sulfonamides is 1. The normalized spacial score (nSPS) is 27.2. The van der Waals surface area contributed by atoms with E-state index < -0.39 is 19.9 Å². The Kier molecular flexibility index (Phi) is 5.15. The van der Waals surface area contributed by atoms with Gasteiger partial charge in [0.1, 0.15) is 0 Å². The molecule has 0 spiro atoms. The number of sulfone groups is 1. The number of fused-ring (bicyclic) bond motifs is 1. The van der Waals surface area contributed by atoms with E-state index in [1.165, 1.54) is 10.6 Å². The summed E-state index contributed by atoms with van der Waals surface area (Å²) in [5, 5.41) is 0. The van der Waals surface area contributed by atoms with Gasteiger partial charge in [0.15, 0.2) is 9.84 Å². The lowest BCUT2D eigenvalue weighted by Crippen LogP contribution is -2.52. The van der Waals surface area contributed by atoms with Crippen LogP contribution in [-0.2, 0) is 26.3 Å². The van der Waals surface area contributed by atoms with E-state index in [4.69, 9.17) is 0 Å². The number of nitrogens with zero attached hydrogens (tertiary/aromatic N) is 3. The summed E-state index contributed by atoms with van der Waals surface area (Å²) < 4.78 is 49.0. The highest BCUT2D eigenvalue weighted by Crippen LogP contribution is 2.35. The van der Waals surface area contributed by atoms with Crippen molar-refractivity contribution in [3.63, 3.8) is 0 Å². The number of carbonyl (C=O) groups is 1. The molecule has 1 aromatic rings. The number of amides is 1. The second-order valence-electron chi connectivity index (χ2n) is 8.34. The van der Waals surface area contributed by atoms with Gasteiger partial charge < -0.3 is 4.90 Å². The molecule has 4 rings (SSSR count). The van der Waals surface area contributed by atoms with Crippen LogP contribution in [0.3, 0.4) is 0 Å². The lowest BCUT2D eigenvalue weighted by molar-refractivity contribution is 0.0587. The van der Waals surface area contributed by atoms with Crippen LogP contribution in [0.5, 0.6) is 0 Å². The fourth-order valence-electron chi connectivity index (χ4n) is 4.78. The van der Waals surface area contributed by atoms with Gasteiger partial charge in [0.2, 0.25) is 10.0 Å². The Morgan fingerprint density at radius 3 is 2.41 bits per heavy atom. The van der Waals surface area contributed by atoms with E-state index in [-0.39, 0.29) is 29.5 Å². The zero-order valence-electron chi connectivity index (χ0n) is 16.7. The van der Waals surface area contributed by atoms with Gasteiger partial charge >= 0.3 is 0 Å². The Bertz CT molecular complexity index is 1030. The van der Waals surface area contributed by atoms with Crippen LogP contribution < -0.4 is 4.31 Å². The van der Waals surface area contributed by atoms with Crippen LogP contribution in [0.25, 0.3) is 0 Å². The molecule has 29 heavy (non-hydrogen) atoms. The number of benzene rings is 1. The highest BCUT2D eigenvalue weighted by molar-refractivity contribution is 7.92. The summed E-state index contributed by atoms with van der Waals surface area (Å²) in [4.78, 5) is 17.0. The lowest BCUT2D eigenvalue weighted by atomic mass is 10.1. The van der Waals surface area contributed by atoms with Gasteiger partial charge in [-0.2, -0.15) is 0 Å². The van der Waals surface area contributed by atoms with Crippen LogP contribution in [-0.4, -0.2) is 88.6 Å². The zero-order valence-corrected chi connectivity index (χ0v) is 18.4. The van der Waals surface area contributed by atoms with Gasteiger partial charge in [-0.25, -0.2) is 16.8 Å². The van der Waals surface area contributed by atoms with E-state index in [9.17, 15) is 21.6 Å². The van der Waals surface area contributed by atoms with Crippen molar-refractivity contribution in [2.45, 2.75) is 31.8 Å². The third-order valence-corrected chi connectivity index (χ3v) is 9.18. The molecule has 2 saturated heterocycles. The van der Waals surface area contributed by atoms with Crippen LogP contribution in [0.4, 0.5) is 5.69 Å². The number of hydrogen-bond acceptors (Lipinski definition) is 6. The van der Waals surface area contributed by atoms with Crippen molar-refractivity contribution >= 4 is 31.5 Å². The summed E-state index contributed by atoms with van der Waals surface area (Å²) in [5.41, 5.74) is 2.11. The Hall–Kier alpha value is -1.65. The van der Waals surface area contributed by atoms with Gasteiger partial charge in [-0.05, 0) is 43.5 Å². The first-order valence-electron chi connectivity index (χ1n) is 9.91. The molecule has 0 bridgehead atoms. The van der Waals surface area contributed by atoms with Crippen molar-refractivity contribution in [2.75, 3.05) is 48.2 Å². The summed E-state index contributed by atoms with van der Waals surface area (Å²) in [6.07, 6.45) is 2.47. The summed E-state index contributed by atoms with van der Waals surface area (Å²) in [5.74, 6) is 0.423. The lowest BCUT2D eigenvalue weighted by Gasteiger charge is -2.37. The van der Waals surface area contributed by atoms with Crippen LogP contribution in [0.2, 0.25) is 0 Å². The third kappa shape index (κ3) is 4.02. The largest absolute Gasteiger partial charge is 0.336 e. The standard InChI is InChI=1S/C19H27N3O5S2/c1-14-11-16-12-15(3-4-18(16)22(14)28(2,24)25)19(23)21-8-6-20(7-9-21)17-5-10-29(26,27)13-17/h3-4,12,14,17H,5-11,13H2,1-2H3/t14-,17-/m0/s1. The summed E-state index contributed by atoms with van der Waals surface area (Å²) in [6.45, 7) is 4.35. The molecule has 0 N–H and O–H groups in total. The molecule has 10 heteroatoms. The maximum absolute atomic E-state index is 13.0. The van der Waals surface area contributed by atoms with Crippen LogP contribution >= 0.6 is 0 Å². The van der Waals surface area contributed by atoms with Gasteiger partial charge in [0, 0.05) is 43.8 Å². The molecule has 160 valence electrons. The summed E-state index contributed by atoms with van der Waals surface area (Å²) in [6, 6.07) is 5.16. The number of piperazine rings is 1. The number of rotatable bonds is 3. The third-order valence-electron chi connectivity index (χ3n) is 6.16. The Balaban J connectivity index is 1.43. The first kappa shape index (κ1) is 20.6. The fourth-order valence-corrected chi connectivity index (χ4v) is 7.80. The molecule has 1 amide bonds. The number of hydrogen-bond donors (Lipinski definition) is 0. The van der Waals surface area contributed by atoms with Crippen molar-refractivity contribution in [1.82, 2.24) is 9.80 Å². The highest BCUT2D eigenvalue weighted by Gasteiger charge is 2.35.